The van der Waals surface area contributed by atoms with Gasteiger partial charge in [0, 0.05) is 47.1 Å². The van der Waals surface area contributed by atoms with E-state index >= 15 is 0 Å². The van der Waals surface area contributed by atoms with Gasteiger partial charge in [-0.1, -0.05) is 62.8 Å². The van der Waals surface area contributed by atoms with Crippen molar-refractivity contribution in [1.82, 2.24) is 10.6 Å². The van der Waals surface area contributed by atoms with E-state index in [9.17, 15) is 10.2 Å². The molecule has 0 amide bonds. The lowest BCUT2D eigenvalue weighted by Crippen LogP contribution is -2.30. The average molecular weight is 455 g/mol. The molecule has 2 aromatic rings. The Morgan fingerprint density at radius 2 is 0.967 bits per heavy atom. The maximum atomic E-state index is 10.8. The Balaban J connectivity index is 0.00000160. The lowest BCUT2D eigenvalue weighted by atomic mass is 9.94. The van der Waals surface area contributed by atoms with Crippen LogP contribution in [0.4, 0.5) is 0 Å². The van der Waals surface area contributed by atoms with Crippen LogP contribution in [0.1, 0.15) is 75.3 Å². The SMILES string of the molecule is Cl.Cl.Oc1c(CNC2CCCCC2)ccc2c(O)c(CNC3CCCCC3)ccc12. The molecule has 4 rings (SSSR count). The first kappa shape index (κ1) is 25.1. The fraction of sp³-hybridized carbons (Fsp3) is 0.583. The lowest BCUT2D eigenvalue weighted by Gasteiger charge is -2.24. The summed E-state index contributed by atoms with van der Waals surface area (Å²) in [7, 11) is 0. The van der Waals surface area contributed by atoms with E-state index < -0.39 is 0 Å². The summed E-state index contributed by atoms with van der Waals surface area (Å²) in [6.45, 7) is 1.36. The van der Waals surface area contributed by atoms with Gasteiger partial charge in [0.15, 0.2) is 0 Å². The first-order valence-electron chi connectivity index (χ1n) is 11.1. The van der Waals surface area contributed by atoms with E-state index in [1.165, 1.54) is 64.2 Å². The summed E-state index contributed by atoms with van der Waals surface area (Å²) >= 11 is 0. The minimum atomic E-state index is 0. The minimum Gasteiger partial charge on any atom is -0.507 e. The van der Waals surface area contributed by atoms with E-state index in [0.29, 0.717) is 36.7 Å². The third-order valence-electron chi connectivity index (χ3n) is 6.68. The van der Waals surface area contributed by atoms with Gasteiger partial charge in [-0.05, 0) is 25.7 Å². The van der Waals surface area contributed by atoms with E-state index in [1.807, 2.05) is 24.3 Å². The molecule has 0 spiro atoms. The number of aromatic hydroxyl groups is 2. The van der Waals surface area contributed by atoms with Crippen LogP contribution in [-0.2, 0) is 13.1 Å². The standard InChI is InChI=1S/C24H34N2O2.2ClH/c27-23-17(15-25-19-7-3-1-4-8-19)11-13-22-21(23)14-12-18(24(22)28)16-26-20-9-5-2-6-10-20;;/h11-14,19-20,25-28H,1-10,15-16H2;2*1H. The molecule has 0 saturated heterocycles. The van der Waals surface area contributed by atoms with Gasteiger partial charge in [0.1, 0.15) is 11.5 Å². The van der Waals surface area contributed by atoms with Crippen LogP contribution in [0, 0.1) is 0 Å². The zero-order valence-electron chi connectivity index (χ0n) is 17.7. The number of rotatable bonds is 6. The van der Waals surface area contributed by atoms with E-state index in [4.69, 9.17) is 0 Å². The lowest BCUT2D eigenvalue weighted by molar-refractivity contribution is 0.368. The number of phenolic OH excluding ortho intramolecular Hbond substituents is 2. The highest BCUT2D eigenvalue weighted by Crippen LogP contribution is 2.36. The number of hydrogen-bond donors (Lipinski definition) is 4. The molecular formula is C24H36Cl2N2O2. The zero-order valence-corrected chi connectivity index (χ0v) is 19.3. The molecule has 2 aliphatic carbocycles. The Hall–Kier alpha value is -1.20. The third kappa shape index (κ3) is 5.94. The second-order valence-corrected chi connectivity index (χ2v) is 8.67. The summed E-state index contributed by atoms with van der Waals surface area (Å²) < 4.78 is 0. The molecular weight excluding hydrogens is 419 g/mol. The van der Waals surface area contributed by atoms with Gasteiger partial charge in [-0.3, -0.25) is 0 Å². The molecule has 0 aromatic heterocycles. The monoisotopic (exact) mass is 454 g/mol. The minimum absolute atomic E-state index is 0. The van der Waals surface area contributed by atoms with Crippen LogP contribution in [0.25, 0.3) is 10.8 Å². The van der Waals surface area contributed by atoms with Crippen molar-refractivity contribution in [2.24, 2.45) is 0 Å². The van der Waals surface area contributed by atoms with Crippen molar-refractivity contribution in [2.75, 3.05) is 0 Å². The second-order valence-electron chi connectivity index (χ2n) is 8.67. The molecule has 0 bridgehead atoms. The number of hydrogen-bond acceptors (Lipinski definition) is 4. The van der Waals surface area contributed by atoms with Crippen LogP contribution in [-0.4, -0.2) is 22.3 Å². The van der Waals surface area contributed by atoms with Gasteiger partial charge in [-0.2, -0.15) is 0 Å². The highest BCUT2D eigenvalue weighted by Gasteiger charge is 2.17. The molecule has 0 unspecified atom stereocenters. The summed E-state index contributed by atoms with van der Waals surface area (Å²) in [4.78, 5) is 0. The quantitative estimate of drug-likeness (QED) is 0.435. The van der Waals surface area contributed by atoms with Gasteiger partial charge in [0.2, 0.25) is 0 Å². The second kappa shape index (κ2) is 12.0. The molecule has 0 radical (unpaired) electrons. The van der Waals surface area contributed by atoms with Crippen LogP contribution in [0.2, 0.25) is 0 Å². The van der Waals surface area contributed by atoms with Crippen LogP contribution in [0.3, 0.4) is 0 Å². The summed E-state index contributed by atoms with van der Waals surface area (Å²) in [6.07, 6.45) is 12.8. The summed E-state index contributed by atoms with van der Waals surface area (Å²) in [5.41, 5.74) is 1.82. The molecule has 0 heterocycles. The van der Waals surface area contributed by atoms with Crippen molar-refractivity contribution < 1.29 is 10.2 Å². The predicted molar refractivity (Wildman–Crippen MR) is 129 cm³/mol. The van der Waals surface area contributed by atoms with Gasteiger partial charge in [-0.15, -0.1) is 24.8 Å². The molecule has 168 valence electrons. The molecule has 30 heavy (non-hydrogen) atoms. The first-order valence-corrected chi connectivity index (χ1v) is 11.1. The Morgan fingerprint density at radius 1 is 0.600 bits per heavy atom. The molecule has 2 fully saturated rings. The average Bonchev–Trinajstić information content (AvgIpc) is 2.74. The number of fused-ring (bicyclic) bond motifs is 1. The normalized spacial score (nSPS) is 18.0. The topological polar surface area (TPSA) is 64.5 Å². The summed E-state index contributed by atoms with van der Waals surface area (Å²) in [6, 6.07) is 8.92. The van der Waals surface area contributed by atoms with Gasteiger partial charge < -0.3 is 20.8 Å². The third-order valence-corrected chi connectivity index (χ3v) is 6.68. The first-order chi connectivity index (χ1) is 13.7. The molecule has 0 aliphatic heterocycles. The van der Waals surface area contributed by atoms with Crippen molar-refractivity contribution in [1.29, 1.82) is 0 Å². The van der Waals surface area contributed by atoms with Gasteiger partial charge in [0.05, 0.1) is 0 Å². The molecule has 4 nitrogen and oxygen atoms in total. The maximum absolute atomic E-state index is 10.8. The van der Waals surface area contributed by atoms with Crippen LogP contribution >= 0.6 is 24.8 Å². The van der Waals surface area contributed by atoms with Crippen molar-refractivity contribution in [2.45, 2.75) is 89.4 Å². The zero-order chi connectivity index (χ0) is 19.3. The smallest absolute Gasteiger partial charge is 0.128 e. The maximum Gasteiger partial charge on any atom is 0.128 e. The molecule has 2 saturated carbocycles. The van der Waals surface area contributed by atoms with E-state index in [1.54, 1.807) is 0 Å². The number of phenols is 2. The van der Waals surface area contributed by atoms with Gasteiger partial charge in [0.25, 0.3) is 0 Å². The predicted octanol–water partition coefficient (Wildman–Crippen LogP) is 5.94. The fourth-order valence-electron chi connectivity index (χ4n) is 4.87. The molecule has 2 aliphatic rings. The van der Waals surface area contributed by atoms with Crippen molar-refractivity contribution in [3.63, 3.8) is 0 Å². The summed E-state index contributed by atoms with van der Waals surface area (Å²) in [5, 5.41) is 30.2. The van der Waals surface area contributed by atoms with Crippen LogP contribution in [0.15, 0.2) is 24.3 Å². The summed E-state index contributed by atoms with van der Waals surface area (Å²) in [5.74, 6) is 0.589. The highest BCUT2D eigenvalue weighted by molar-refractivity contribution is 5.94. The van der Waals surface area contributed by atoms with Crippen molar-refractivity contribution in [3.8, 4) is 11.5 Å². The van der Waals surface area contributed by atoms with Crippen LogP contribution in [0.5, 0.6) is 11.5 Å². The molecule has 4 N–H and O–H groups in total. The van der Waals surface area contributed by atoms with E-state index in [2.05, 4.69) is 10.6 Å². The van der Waals surface area contributed by atoms with Crippen molar-refractivity contribution in [3.05, 3.63) is 35.4 Å². The van der Waals surface area contributed by atoms with E-state index in [-0.39, 0.29) is 24.8 Å². The highest BCUT2D eigenvalue weighted by atomic mass is 35.5. The largest absolute Gasteiger partial charge is 0.507 e. The Bertz CT molecular complexity index is 736. The number of benzene rings is 2. The molecule has 0 atom stereocenters. The number of halogens is 2. The Kier molecular flexibility index (Phi) is 10.0. The van der Waals surface area contributed by atoms with Gasteiger partial charge >= 0.3 is 0 Å². The fourth-order valence-corrected chi connectivity index (χ4v) is 4.87. The number of nitrogens with one attached hydrogen (secondary N) is 2. The van der Waals surface area contributed by atoms with Crippen molar-refractivity contribution >= 4 is 35.6 Å². The Morgan fingerprint density at radius 3 is 1.33 bits per heavy atom. The molecule has 6 heteroatoms. The van der Waals surface area contributed by atoms with Crippen LogP contribution < -0.4 is 10.6 Å². The Labute approximate surface area is 192 Å². The molecule has 2 aromatic carbocycles. The van der Waals surface area contributed by atoms with Gasteiger partial charge in [-0.25, -0.2) is 0 Å². The van der Waals surface area contributed by atoms with E-state index in [0.717, 1.165) is 21.9 Å².